The Kier molecular flexibility index (Phi) is 6.11. The van der Waals surface area contributed by atoms with Gasteiger partial charge in [-0.25, -0.2) is 14.6 Å². The fraction of sp³-hybridized carbons (Fsp3) is 0.211. The molecule has 0 radical (unpaired) electrons. The Bertz CT molecular complexity index is 1010. The number of fused-ring (bicyclic) bond motifs is 1. The van der Waals surface area contributed by atoms with Crippen LogP contribution in [-0.4, -0.2) is 35.5 Å². The first-order valence-electron chi connectivity index (χ1n) is 8.68. The van der Waals surface area contributed by atoms with Gasteiger partial charge < -0.3 is 9.47 Å². The first-order valence-corrected chi connectivity index (χ1v) is 9.49. The molecule has 0 unspecified atom stereocenters. The highest BCUT2D eigenvalue weighted by Gasteiger charge is 2.66. The van der Waals surface area contributed by atoms with Gasteiger partial charge in [-0.1, -0.05) is 41.7 Å². The second kappa shape index (κ2) is 8.57. The Balaban J connectivity index is 1.91. The third-order valence-electron chi connectivity index (χ3n) is 3.78. The number of aromatic nitrogens is 1. The molecule has 7 nitrogen and oxygen atoms in total. The number of benzene rings is 2. The molecule has 158 valence electrons. The van der Waals surface area contributed by atoms with E-state index in [9.17, 15) is 22.8 Å². The monoisotopic (exact) mass is 439 g/mol. The Morgan fingerprint density at radius 3 is 2.37 bits per heavy atom. The number of halogens is 3. The van der Waals surface area contributed by atoms with Crippen LogP contribution < -0.4 is 15.4 Å². The van der Waals surface area contributed by atoms with Crippen LogP contribution in [0.1, 0.15) is 6.92 Å². The van der Waals surface area contributed by atoms with E-state index >= 15 is 0 Å². The Morgan fingerprint density at radius 1 is 1.07 bits per heavy atom. The maximum absolute atomic E-state index is 14.0. The summed E-state index contributed by atoms with van der Waals surface area (Å²) in [6.45, 7) is 0.985. The van der Waals surface area contributed by atoms with E-state index in [-0.39, 0.29) is 17.5 Å². The van der Waals surface area contributed by atoms with E-state index in [1.54, 1.807) is 35.6 Å². The second-order valence-electron chi connectivity index (χ2n) is 5.88. The van der Waals surface area contributed by atoms with Crippen LogP contribution in [0.3, 0.4) is 0 Å². The normalized spacial score (nSPS) is 13.3. The van der Waals surface area contributed by atoms with Gasteiger partial charge in [0.25, 0.3) is 0 Å². The van der Waals surface area contributed by atoms with Gasteiger partial charge in [0.15, 0.2) is 5.13 Å². The number of anilines is 1. The molecule has 2 amide bonds. The third kappa shape index (κ3) is 4.46. The number of esters is 1. The van der Waals surface area contributed by atoms with Crippen LogP contribution in [-0.2, 0) is 9.53 Å². The lowest BCUT2D eigenvalue weighted by Gasteiger charge is -2.33. The van der Waals surface area contributed by atoms with Crippen molar-refractivity contribution in [2.24, 2.45) is 0 Å². The molecule has 0 aliphatic rings. The quantitative estimate of drug-likeness (QED) is 0.441. The molecule has 0 aliphatic heterocycles. The predicted molar refractivity (Wildman–Crippen MR) is 104 cm³/mol. The number of para-hydroxylation sites is 2. The number of nitrogens with zero attached hydrogens (tertiary/aromatic N) is 1. The summed E-state index contributed by atoms with van der Waals surface area (Å²) in [5.74, 6) is -2.09. The van der Waals surface area contributed by atoms with Crippen molar-refractivity contribution < 1.29 is 32.2 Å². The summed E-state index contributed by atoms with van der Waals surface area (Å²) in [4.78, 5) is 28.8. The lowest BCUT2D eigenvalue weighted by Crippen LogP contribution is -2.69. The lowest BCUT2D eigenvalue weighted by molar-refractivity contribution is -0.259. The van der Waals surface area contributed by atoms with E-state index in [2.05, 4.69) is 15.0 Å². The number of amides is 2. The summed E-state index contributed by atoms with van der Waals surface area (Å²) in [6.07, 6.45) is -5.33. The largest absolute Gasteiger partial charge is 0.461 e. The number of thiazole rings is 1. The van der Waals surface area contributed by atoms with Crippen molar-refractivity contribution in [3.05, 3.63) is 54.6 Å². The number of alkyl halides is 3. The molecule has 1 atom stereocenters. The number of carbonyl (C=O) groups excluding carboxylic acids is 2. The molecule has 0 spiro atoms. The standard InChI is InChI=1S/C19H16F3N3O4S/c1-2-28-15(26)18(19(20,21)22,29-12-8-4-3-5-9-12)25-16(27)24-17-23-13-10-6-7-11-14(13)30-17/h3-11H,2H2,1H3,(H2,23,24,25,27)/t18-/m1/s1. The highest BCUT2D eigenvalue weighted by Crippen LogP contribution is 2.34. The van der Waals surface area contributed by atoms with Crippen molar-refractivity contribution in [1.82, 2.24) is 10.3 Å². The molecule has 0 saturated heterocycles. The first-order chi connectivity index (χ1) is 14.2. The molecule has 3 rings (SSSR count). The molecular formula is C19H16F3N3O4S. The topological polar surface area (TPSA) is 89.5 Å². The zero-order valence-corrected chi connectivity index (χ0v) is 16.3. The average molecular weight is 439 g/mol. The summed E-state index contributed by atoms with van der Waals surface area (Å²) in [5, 5.41) is 3.85. The van der Waals surface area contributed by atoms with Crippen molar-refractivity contribution in [3.63, 3.8) is 0 Å². The molecule has 0 fully saturated rings. The van der Waals surface area contributed by atoms with Crippen LogP contribution in [0.4, 0.5) is 23.1 Å². The van der Waals surface area contributed by atoms with E-state index in [4.69, 9.17) is 4.74 Å². The first kappa shape index (κ1) is 21.4. The van der Waals surface area contributed by atoms with Crippen LogP contribution in [0.25, 0.3) is 10.2 Å². The van der Waals surface area contributed by atoms with Crippen LogP contribution in [0, 0.1) is 0 Å². The van der Waals surface area contributed by atoms with E-state index < -0.39 is 23.9 Å². The molecule has 2 N–H and O–H groups in total. The molecule has 1 aromatic heterocycles. The second-order valence-corrected chi connectivity index (χ2v) is 6.91. The summed E-state index contributed by atoms with van der Waals surface area (Å²) in [5.41, 5.74) is -3.20. The smallest absolute Gasteiger partial charge is 0.460 e. The minimum atomic E-state index is -5.33. The molecule has 0 bridgehead atoms. The molecule has 3 aromatic rings. The minimum Gasteiger partial charge on any atom is -0.461 e. The summed E-state index contributed by atoms with van der Waals surface area (Å²) in [6, 6.07) is 12.4. The molecule has 30 heavy (non-hydrogen) atoms. The third-order valence-corrected chi connectivity index (χ3v) is 4.73. The highest BCUT2D eigenvalue weighted by molar-refractivity contribution is 7.22. The molecule has 0 saturated carbocycles. The van der Waals surface area contributed by atoms with E-state index in [1.165, 1.54) is 31.2 Å². The summed E-state index contributed by atoms with van der Waals surface area (Å²) >= 11 is 1.06. The van der Waals surface area contributed by atoms with Crippen LogP contribution in [0.15, 0.2) is 54.6 Å². The number of urea groups is 1. The van der Waals surface area contributed by atoms with Crippen molar-refractivity contribution in [3.8, 4) is 5.75 Å². The fourth-order valence-corrected chi connectivity index (χ4v) is 3.34. The van der Waals surface area contributed by atoms with Crippen molar-refractivity contribution in [1.29, 1.82) is 0 Å². The van der Waals surface area contributed by atoms with Gasteiger partial charge in [0.05, 0.1) is 16.8 Å². The number of nitrogens with one attached hydrogen (secondary N) is 2. The average Bonchev–Trinajstić information content (AvgIpc) is 3.09. The van der Waals surface area contributed by atoms with E-state index in [0.29, 0.717) is 5.52 Å². The molecular weight excluding hydrogens is 423 g/mol. The number of ether oxygens (including phenoxy) is 2. The maximum atomic E-state index is 14.0. The van der Waals surface area contributed by atoms with Gasteiger partial charge in [-0.05, 0) is 31.2 Å². The summed E-state index contributed by atoms with van der Waals surface area (Å²) in [7, 11) is 0. The Hall–Kier alpha value is -3.34. The van der Waals surface area contributed by atoms with Gasteiger partial charge in [-0.3, -0.25) is 10.6 Å². The highest BCUT2D eigenvalue weighted by atomic mass is 32.1. The maximum Gasteiger partial charge on any atom is 0.460 e. The van der Waals surface area contributed by atoms with Crippen LogP contribution in [0.2, 0.25) is 0 Å². The van der Waals surface area contributed by atoms with Crippen LogP contribution >= 0.6 is 11.3 Å². The van der Waals surface area contributed by atoms with E-state index in [0.717, 1.165) is 16.0 Å². The van der Waals surface area contributed by atoms with Crippen molar-refractivity contribution in [2.45, 2.75) is 18.8 Å². The van der Waals surface area contributed by atoms with Gasteiger partial charge in [0, 0.05) is 0 Å². The van der Waals surface area contributed by atoms with E-state index in [1.807, 2.05) is 0 Å². The van der Waals surface area contributed by atoms with Gasteiger partial charge >= 0.3 is 23.9 Å². The lowest BCUT2D eigenvalue weighted by atomic mass is 10.2. The minimum absolute atomic E-state index is 0.0494. The number of carbonyl (C=O) groups is 2. The van der Waals surface area contributed by atoms with Crippen molar-refractivity contribution in [2.75, 3.05) is 11.9 Å². The van der Waals surface area contributed by atoms with Gasteiger partial charge in [0.2, 0.25) is 0 Å². The number of hydrogen-bond acceptors (Lipinski definition) is 6. The SMILES string of the molecule is CCOC(=O)[C@@](NC(=O)Nc1nc2ccccc2s1)(Oc1ccccc1)C(F)(F)F. The molecule has 1 heterocycles. The summed E-state index contributed by atoms with van der Waals surface area (Å²) < 4.78 is 52.3. The molecule has 0 aliphatic carbocycles. The van der Waals surface area contributed by atoms with Crippen molar-refractivity contribution >= 4 is 38.7 Å². The Labute approximate surface area is 172 Å². The number of hydrogen-bond donors (Lipinski definition) is 2. The van der Waals surface area contributed by atoms with Crippen LogP contribution in [0.5, 0.6) is 5.75 Å². The number of rotatable bonds is 6. The van der Waals surface area contributed by atoms with Gasteiger partial charge in [0.1, 0.15) is 5.75 Å². The molecule has 2 aromatic carbocycles. The zero-order valence-electron chi connectivity index (χ0n) is 15.5. The zero-order chi connectivity index (χ0) is 21.8. The van der Waals surface area contributed by atoms with Gasteiger partial charge in [-0.2, -0.15) is 13.2 Å². The van der Waals surface area contributed by atoms with Gasteiger partial charge in [-0.15, -0.1) is 0 Å². The molecule has 11 heteroatoms. The Morgan fingerprint density at radius 2 is 1.73 bits per heavy atom. The predicted octanol–water partition coefficient (Wildman–Crippen LogP) is 4.32. The fourth-order valence-electron chi connectivity index (χ4n) is 2.47.